The van der Waals surface area contributed by atoms with Gasteiger partial charge in [-0.2, -0.15) is 4.31 Å². The zero-order valence-electron chi connectivity index (χ0n) is 16.1. The molecular weight excluding hydrogens is 479 g/mol. The maximum atomic E-state index is 12.7. The molecular formula is C18H31IN4O3S. The fraction of sp³-hybridized carbons (Fsp3) is 0.611. The zero-order chi connectivity index (χ0) is 18.8. The summed E-state index contributed by atoms with van der Waals surface area (Å²) in [6.07, 6.45) is 1.65. The van der Waals surface area contributed by atoms with Gasteiger partial charge in [-0.15, -0.1) is 24.0 Å². The highest BCUT2D eigenvalue weighted by molar-refractivity contribution is 14.0. The molecule has 0 aliphatic carbocycles. The van der Waals surface area contributed by atoms with Crippen molar-refractivity contribution in [3.8, 4) is 0 Å². The van der Waals surface area contributed by atoms with Gasteiger partial charge in [-0.1, -0.05) is 18.2 Å². The summed E-state index contributed by atoms with van der Waals surface area (Å²) in [5.74, 6) is 1.18. The van der Waals surface area contributed by atoms with E-state index in [1.165, 1.54) is 0 Å². The standard InChI is InChI=1S/C18H30N4O3S.HI/c1-3-19-18(20-11-14-25-2)21-15-16-9-12-22(13-10-16)26(23,24)17-7-5-4-6-8-17;/h4-8,16H,3,9-15H2,1-2H3,(H2,19,20,21);1H. The van der Waals surface area contributed by atoms with Crippen molar-refractivity contribution in [2.24, 2.45) is 10.9 Å². The number of piperidine rings is 1. The van der Waals surface area contributed by atoms with Gasteiger partial charge in [0, 0.05) is 39.8 Å². The second-order valence-electron chi connectivity index (χ2n) is 6.30. The topological polar surface area (TPSA) is 83.0 Å². The number of hydrogen-bond acceptors (Lipinski definition) is 4. The molecule has 0 aromatic heterocycles. The number of methoxy groups -OCH3 is 1. The monoisotopic (exact) mass is 510 g/mol. The van der Waals surface area contributed by atoms with Crippen LogP contribution in [0.1, 0.15) is 19.8 Å². The highest BCUT2D eigenvalue weighted by Gasteiger charge is 2.29. The van der Waals surface area contributed by atoms with Crippen LogP contribution < -0.4 is 10.6 Å². The van der Waals surface area contributed by atoms with Gasteiger partial charge in [0.1, 0.15) is 0 Å². The molecule has 0 unspecified atom stereocenters. The van der Waals surface area contributed by atoms with Crippen molar-refractivity contribution in [2.45, 2.75) is 24.7 Å². The Morgan fingerprint density at radius 1 is 1.22 bits per heavy atom. The van der Waals surface area contributed by atoms with Gasteiger partial charge in [-0.25, -0.2) is 8.42 Å². The number of guanidine groups is 1. The van der Waals surface area contributed by atoms with E-state index in [4.69, 9.17) is 4.74 Å². The number of nitrogens with zero attached hydrogens (tertiary/aromatic N) is 2. The Labute approximate surface area is 180 Å². The van der Waals surface area contributed by atoms with E-state index in [1.807, 2.05) is 13.0 Å². The minimum absolute atomic E-state index is 0. The first-order chi connectivity index (χ1) is 12.6. The van der Waals surface area contributed by atoms with E-state index < -0.39 is 10.0 Å². The molecule has 1 aliphatic heterocycles. The van der Waals surface area contributed by atoms with Crippen LogP contribution in [-0.4, -0.2) is 65.1 Å². The summed E-state index contributed by atoms with van der Waals surface area (Å²) in [7, 11) is -1.71. The molecule has 0 radical (unpaired) electrons. The average Bonchev–Trinajstić information content (AvgIpc) is 2.67. The van der Waals surface area contributed by atoms with Gasteiger partial charge < -0.3 is 15.4 Å². The molecule has 1 aromatic rings. The maximum Gasteiger partial charge on any atom is 0.243 e. The van der Waals surface area contributed by atoms with E-state index in [2.05, 4.69) is 15.6 Å². The number of sulfonamides is 1. The molecule has 154 valence electrons. The molecule has 0 atom stereocenters. The number of hydrogen-bond donors (Lipinski definition) is 2. The molecule has 0 bridgehead atoms. The molecule has 27 heavy (non-hydrogen) atoms. The van der Waals surface area contributed by atoms with Crippen molar-refractivity contribution in [1.82, 2.24) is 14.9 Å². The van der Waals surface area contributed by atoms with Crippen LogP contribution in [0.4, 0.5) is 0 Å². The van der Waals surface area contributed by atoms with Gasteiger partial charge in [0.2, 0.25) is 10.0 Å². The number of benzene rings is 1. The van der Waals surface area contributed by atoms with Gasteiger partial charge >= 0.3 is 0 Å². The van der Waals surface area contributed by atoms with E-state index in [1.54, 1.807) is 35.7 Å². The lowest BCUT2D eigenvalue weighted by molar-refractivity contribution is 0.203. The van der Waals surface area contributed by atoms with E-state index >= 15 is 0 Å². The molecule has 1 aromatic carbocycles. The maximum absolute atomic E-state index is 12.7. The van der Waals surface area contributed by atoms with Crippen LogP contribution in [0.5, 0.6) is 0 Å². The smallest absolute Gasteiger partial charge is 0.243 e. The van der Waals surface area contributed by atoms with Gasteiger partial charge in [0.25, 0.3) is 0 Å². The van der Waals surface area contributed by atoms with E-state index in [-0.39, 0.29) is 24.0 Å². The van der Waals surface area contributed by atoms with Crippen LogP contribution in [0, 0.1) is 5.92 Å². The summed E-state index contributed by atoms with van der Waals surface area (Å²) in [4.78, 5) is 4.99. The molecule has 0 spiro atoms. The molecule has 1 heterocycles. The molecule has 2 rings (SSSR count). The predicted molar refractivity (Wildman–Crippen MR) is 119 cm³/mol. The van der Waals surface area contributed by atoms with Crippen molar-refractivity contribution < 1.29 is 13.2 Å². The summed E-state index contributed by atoms with van der Waals surface area (Å²) < 4.78 is 31.9. The first-order valence-electron chi connectivity index (χ1n) is 9.14. The normalized spacial score (nSPS) is 16.6. The van der Waals surface area contributed by atoms with E-state index in [9.17, 15) is 8.42 Å². The predicted octanol–water partition coefficient (Wildman–Crippen LogP) is 1.91. The number of rotatable bonds is 8. The molecule has 1 aliphatic rings. The minimum atomic E-state index is -3.38. The first-order valence-corrected chi connectivity index (χ1v) is 10.6. The van der Waals surface area contributed by atoms with Crippen LogP contribution in [0.15, 0.2) is 40.2 Å². The van der Waals surface area contributed by atoms with Crippen LogP contribution in [0.25, 0.3) is 0 Å². The van der Waals surface area contributed by atoms with E-state index in [0.717, 1.165) is 25.3 Å². The van der Waals surface area contributed by atoms with Crippen LogP contribution in [0.2, 0.25) is 0 Å². The Balaban J connectivity index is 0.00000364. The van der Waals surface area contributed by atoms with Crippen molar-refractivity contribution >= 4 is 40.0 Å². The number of ether oxygens (including phenoxy) is 1. The first kappa shape index (κ1) is 24.1. The zero-order valence-corrected chi connectivity index (χ0v) is 19.2. The largest absolute Gasteiger partial charge is 0.383 e. The lowest BCUT2D eigenvalue weighted by Gasteiger charge is -2.30. The molecule has 9 heteroatoms. The number of aliphatic imine (C=N–C) groups is 1. The summed E-state index contributed by atoms with van der Waals surface area (Å²) in [5.41, 5.74) is 0. The summed E-state index contributed by atoms with van der Waals surface area (Å²) in [5, 5.41) is 6.44. The Morgan fingerprint density at radius 2 is 1.89 bits per heavy atom. The van der Waals surface area contributed by atoms with Gasteiger partial charge in [0.15, 0.2) is 5.96 Å². The minimum Gasteiger partial charge on any atom is -0.383 e. The van der Waals surface area contributed by atoms with Crippen molar-refractivity contribution in [1.29, 1.82) is 0 Å². The third-order valence-electron chi connectivity index (χ3n) is 4.40. The lowest BCUT2D eigenvalue weighted by atomic mass is 9.98. The third-order valence-corrected chi connectivity index (χ3v) is 6.32. The number of nitrogens with one attached hydrogen (secondary N) is 2. The van der Waals surface area contributed by atoms with Crippen LogP contribution in [-0.2, 0) is 14.8 Å². The van der Waals surface area contributed by atoms with Crippen LogP contribution >= 0.6 is 24.0 Å². The molecule has 1 saturated heterocycles. The Morgan fingerprint density at radius 3 is 2.48 bits per heavy atom. The van der Waals surface area contributed by atoms with Gasteiger partial charge in [-0.05, 0) is 37.8 Å². The van der Waals surface area contributed by atoms with E-state index in [0.29, 0.717) is 43.6 Å². The number of halogens is 1. The Bertz CT molecular complexity index is 662. The quantitative estimate of drug-likeness (QED) is 0.242. The molecule has 0 saturated carbocycles. The Hall–Kier alpha value is -0.910. The summed E-state index contributed by atoms with van der Waals surface area (Å²) in [6.45, 7) is 5.95. The van der Waals surface area contributed by atoms with Crippen molar-refractivity contribution in [2.75, 3.05) is 46.4 Å². The lowest BCUT2D eigenvalue weighted by Crippen LogP contribution is -2.41. The van der Waals surface area contributed by atoms with Gasteiger partial charge in [0.05, 0.1) is 11.5 Å². The molecule has 7 nitrogen and oxygen atoms in total. The molecule has 2 N–H and O–H groups in total. The highest BCUT2D eigenvalue weighted by atomic mass is 127. The van der Waals surface area contributed by atoms with Crippen LogP contribution in [0.3, 0.4) is 0 Å². The molecule has 1 fully saturated rings. The summed E-state index contributed by atoms with van der Waals surface area (Å²) >= 11 is 0. The highest BCUT2D eigenvalue weighted by Crippen LogP contribution is 2.23. The SMILES string of the molecule is CCNC(=NCC1CCN(S(=O)(=O)c2ccccc2)CC1)NCCOC.I. The third kappa shape index (κ3) is 7.55. The second kappa shape index (κ2) is 12.5. The van der Waals surface area contributed by atoms with Crippen molar-refractivity contribution in [3.63, 3.8) is 0 Å². The average molecular weight is 510 g/mol. The van der Waals surface area contributed by atoms with Crippen molar-refractivity contribution in [3.05, 3.63) is 30.3 Å². The Kier molecular flexibility index (Phi) is 11.2. The molecule has 0 amide bonds. The van der Waals surface area contributed by atoms with Gasteiger partial charge in [-0.3, -0.25) is 4.99 Å². The fourth-order valence-electron chi connectivity index (χ4n) is 2.91. The fourth-order valence-corrected chi connectivity index (χ4v) is 4.40. The second-order valence-corrected chi connectivity index (χ2v) is 8.24. The summed E-state index contributed by atoms with van der Waals surface area (Å²) in [6, 6.07) is 8.65.